The van der Waals surface area contributed by atoms with Crippen molar-refractivity contribution in [2.75, 3.05) is 6.61 Å². The van der Waals surface area contributed by atoms with Crippen molar-refractivity contribution < 1.29 is 14.2 Å². The Kier molecular flexibility index (Phi) is 3.74. The second-order valence-electron chi connectivity index (χ2n) is 4.84. The molecule has 0 radical (unpaired) electrons. The number of aromatic nitrogens is 2. The zero-order valence-corrected chi connectivity index (χ0v) is 11.4. The summed E-state index contributed by atoms with van der Waals surface area (Å²) in [4.78, 5) is 25.0. The van der Waals surface area contributed by atoms with E-state index in [1.54, 1.807) is 18.2 Å². The van der Waals surface area contributed by atoms with Crippen LogP contribution in [0.2, 0.25) is 0 Å². The zero-order chi connectivity index (χ0) is 15.7. The molecule has 2 aromatic rings. The van der Waals surface area contributed by atoms with Gasteiger partial charge in [-0.25, -0.2) is 9.18 Å². The quantitative estimate of drug-likeness (QED) is 0.872. The molecule has 3 rings (SSSR count). The van der Waals surface area contributed by atoms with Crippen molar-refractivity contribution in [1.29, 1.82) is 0 Å². The minimum atomic E-state index is -0.749. The second-order valence-corrected chi connectivity index (χ2v) is 4.84. The number of hydrogen-bond donors (Lipinski definition) is 2. The number of hydrogen-bond acceptors (Lipinski definition) is 4. The molecule has 1 aliphatic rings. The molecule has 6 nitrogen and oxygen atoms in total. The molecule has 0 fully saturated rings. The van der Waals surface area contributed by atoms with Crippen LogP contribution in [0.15, 0.2) is 52.2 Å². The maximum absolute atomic E-state index is 13.0. The van der Waals surface area contributed by atoms with E-state index >= 15 is 0 Å². The number of rotatable bonds is 3. The summed E-state index contributed by atoms with van der Waals surface area (Å²) in [5, 5.41) is 9.45. The zero-order valence-electron chi connectivity index (χ0n) is 11.4. The Labute approximate surface area is 124 Å². The molecule has 2 heterocycles. The van der Waals surface area contributed by atoms with E-state index in [2.05, 4.69) is 4.98 Å². The largest absolute Gasteiger partial charge is 0.393 e. The number of nitrogens with zero attached hydrogens (tertiary/aromatic N) is 1. The molecule has 0 amide bonds. The van der Waals surface area contributed by atoms with Crippen LogP contribution in [0.3, 0.4) is 0 Å². The summed E-state index contributed by atoms with van der Waals surface area (Å²) in [6.45, 7) is -0.280. The van der Waals surface area contributed by atoms with Crippen LogP contribution in [0.4, 0.5) is 4.39 Å². The van der Waals surface area contributed by atoms with Gasteiger partial charge in [-0.1, -0.05) is 12.1 Å². The van der Waals surface area contributed by atoms with Gasteiger partial charge in [0.1, 0.15) is 11.9 Å². The van der Waals surface area contributed by atoms with Gasteiger partial charge in [-0.05, 0) is 29.3 Å². The summed E-state index contributed by atoms with van der Waals surface area (Å²) in [7, 11) is 0. The Bertz CT molecular complexity index is 822. The fourth-order valence-electron chi connectivity index (χ4n) is 2.38. The van der Waals surface area contributed by atoms with E-state index in [4.69, 9.17) is 4.74 Å². The molecule has 2 N–H and O–H groups in total. The third kappa shape index (κ3) is 2.63. The van der Waals surface area contributed by atoms with Crippen molar-refractivity contribution in [1.82, 2.24) is 9.55 Å². The summed E-state index contributed by atoms with van der Waals surface area (Å²) >= 11 is 0. The monoisotopic (exact) mass is 304 g/mol. The maximum Gasteiger partial charge on any atom is 0.330 e. The number of ether oxygens (including phenoxy) is 1. The second kappa shape index (κ2) is 5.70. The van der Waals surface area contributed by atoms with Gasteiger partial charge >= 0.3 is 5.69 Å². The number of benzene rings is 1. The van der Waals surface area contributed by atoms with Gasteiger partial charge in [-0.2, -0.15) is 0 Å². The first-order valence-corrected chi connectivity index (χ1v) is 6.64. The molecule has 2 atom stereocenters. The van der Waals surface area contributed by atoms with Crippen LogP contribution in [-0.2, 0) is 4.74 Å². The van der Waals surface area contributed by atoms with E-state index in [-0.39, 0.29) is 12.4 Å². The van der Waals surface area contributed by atoms with Crippen LogP contribution >= 0.6 is 0 Å². The van der Waals surface area contributed by atoms with E-state index in [1.165, 1.54) is 29.0 Å². The molecule has 0 bridgehead atoms. The first-order valence-electron chi connectivity index (χ1n) is 6.64. The highest BCUT2D eigenvalue weighted by molar-refractivity contribution is 5.70. The van der Waals surface area contributed by atoms with Crippen molar-refractivity contribution in [3.05, 3.63) is 74.8 Å². The van der Waals surface area contributed by atoms with Crippen LogP contribution in [0.25, 0.3) is 5.57 Å². The van der Waals surface area contributed by atoms with E-state index in [0.717, 1.165) is 0 Å². The molecule has 7 heteroatoms. The highest BCUT2D eigenvalue weighted by Crippen LogP contribution is 2.32. The molecule has 1 aromatic heterocycles. The average Bonchev–Trinajstić information content (AvgIpc) is 2.92. The van der Waals surface area contributed by atoms with Gasteiger partial charge in [-0.3, -0.25) is 14.3 Å². The van der Waals surface area contributed by atoms with Crippen LogP contribution in [0, 0.1) is 5.82 Å². The Morgan fingerprint density at radius 1 is 1.23 bits per heavy atom. The van der Waals surface area contributed by atoms with Gasteiger partial charge in [0.05, 0.1) is 6.61 Å². The van der Waals surface area contributed by atoms with Crippen molar-refractivity contribution in [2.24, 2.45) is 0 Å². The predicted molar refractivity (Wildman–Crippen MR) is 76.7 cm³/mol. The number of aliphatic hydroxyl groups excluding tert-OH is 1. The predicted octanol–water partition coefficient (Wildman–Crippen LogP) is 0.649. The van der Waals surface area contributed by atoms with Crippen LogP contribution < -0.4 is 11.2 Å². The lowest BCUT2D eigenvalue weighted by Gasteiger charge is -2.15. The molecule has 1 aromatic carbocycles. The minimum Gasteiger partial charge on any atom is -0.393 e. The minimum absolute atomic E-state index is 0.280. The van der Waals surface area contributed by atoms with Gasteiger partial charge in [0.25, 0.3) is 5.56 Å². The molecular weight excluding hydrogens is 291 g/mol. The number of aliphatic hydroxyl groups is 1. The summed E-state index contributed by atoms with van der Waals surface area (Å²) in [5.74, 6) is -0.364. The highest BCUT2D eigenvalue weighted by Gasteiger charge is 2.29. The van der Waals surface area contributed by atoms with E-state index in [9.17, 15) is 19.1 Å². The Balaban J connectivity index is 2.00. The van der Waals surface area contributed by atoms with Crippen molar-refractivity contribution in [3.8, 4) is 0 Å². The van der Waals surface area contributed by atoms with E-state index in [1.807, 2.05) is 0 Å². The molecule has 0 aliphatic carbocycles. The van der Waals surface area contributed by atoms with Crippen LogP contribution in [-0.4, -0.2) is 27.4 Å². The lowest BCUT2D eigenvalue weighted by Crippen LogP contribution is -2.31. The van der Waals surface area contributed by atoms with Crippen LogP contribution in [0.1, 0.15) is 11.8 Å². The topological polar surface area (TPSA) is 84.3 Å². The van der Waals surface area contributed by atoms with Crippen LogP contribution in [0.5, 0.6) is 0 Å². The van der Waals surface area contributed by atoms with Crippen molar-refractivity contribution in [3.63, 3.8) is 0 Å². The smallest absolute Gasteiger partial charge is 0.330 e. The summed E-state index contributed by atoms with van der Waals surface area (Å²) in [6, 6.07) is 6.98. The first-order chi connectivity index (χ1) is 10.6. The molecule has 0 saturated heterocycles. The lowest BCUT2D eigenvalue weighted by atomic mass is 10.0. The normalized spacial score (nSPS) is 20.9. The lowest BCUT2D eigenvalue weighted by molar-refractivity contribution is -0.00723. The molecule has 114 valence electrons. The Morgan fingerprint density at radius 2 is 1.95 bits per heavy atom. The molecule has 0 spiro atoms. The Hall–Kier alpha value is -2.51. The SMILES string of the molecule is O=c1ccn([C@H]2C=C(c3ccc(F)cc3)[C@@H](CO)O2)c(=O)[nH]1. The van der Waals surface area contributed by atoms with Gasteiger partial charge in [-0.15, -0.1) is 0 Å². The van der Waals surface area contributed by atoms with Crippen molar-refractivity contribution >= 4 is 5.57 Å². The fourth-order valence-corrected chi connectivity index (χ4v) is 2.38. The van der Waals surface area contributed by atoms with Gasteiger partial charge in [0.15, 0.2) is 6.23 Å². The molecule has 1 aliphatic heterocycles. The maximum atomic E-state index is 13.0. The number of H-pyrrole nitrogens is 1. The number of nitrogens with one attached hydrogen (secondary N) is 1. The average molecular weight is 304 g/mol. The highest BCUT2D eigenvalue weighted by atomic mass is 19.1. The molecule has 0 unspecified atom stereocenters. The molecule has 0 saturated carbocycles. The third-order valence-corrected chi connectivity index (χ3v) is 3.44. The van der Waals surface area contributed by atoms with Gasteiger partial charge in [0.2, 0.25) is 0 Å². The van der Waals surface area contributed by atoms with Gasteiger partial charge in [0, 0.05) is 12.3 Å². The van der Waals surface area contributed by atoms with Gasteiger partial charge < -0.3 is 9.84 Å². The fraction of sp³-hybridized carbons (Fsp3) is 0.200. The first kappa shape index (κ1) is 14.4. The number of halogens is 1. The van der Waals surface area contributed by atoms with E-state index in [0.29, 0.717) is 11.1 Å². The standard InChI is InChI=1S/C15H13FN2O4/c16-10-3-1-9(2-4-10)11-7-14(22-12(11)8-19)18-6-5-13(20)17-15(18)21/h1-7,12,14,19H,8H2,(H,17,20,21)/t12-,14-/m1/s1. The Morgan fingerprint density at radius 3 is 2.59 bits per heavy atom. The summed E-state index contributed by atoms with van der Waals surface area (Å²) < 4.78 is 19.8. The van der Waals surface area contributed by atoms with E-state index < -0.39 is 23.6 Å². The molecule has 22 heavy (non-hydrogen) atoms. The third-order valence-electron chi connectivity index (χ3n) is 3.44. The van der Waals surface area contributed by atoms with Crippen molar-refractivity contribution in [2.45, 2.75) is 12.3 Å². The summed E-state index contributed by atoms with van der Waals surface area (Å²) in [6.07, 6.45) is 1.61. The number of aromatic amines is 1. The summed E-state index contributed by atoms with van der Waals surface area (Å²) in [5.41, 5.74) is 0.248. The molecular formula is C15H13FN2O4.